The standard InChI is InChI=1S/C15H16N4O/c16-7-5-12-10-19(14-4-2-1-3-13(12)14)15(20)11-6-8-17-18-9-11/h1-4,6,8-9,12H,5,7,10,16H2. The molecule has 0 fully saturated rings. The van der Waals surface area contributed by atoms with E-state index in [1.807, 2.05) is 23.1 Å². The number of rotatable bonds is 3. The third-order valence-corrected chi connectivity index (χ3v) is 3.66. The molecule has 1 aliphatic rings. The maximum atomic E-state index is 12.6. The molecule has 5 nitrogen and oxygen atoms in total. The van der Waals surface area contributed by atoms with Crippen molar-refractivity contribution in [3.63, 3.8) is 0 Å². The van der Waals surface area contributed by atoms with Gasteiger partial charge in [0.1, 0.15) is 0 Å². The summed E-state index contributed by atoms with van der Waals surface area (Å²) in [5, 5.41) is 7.48. The highest BCUT2D eigenvalue weighted by molar-refractivity contribution is 6.07. The Hall–Kier alpha value is -2.27. The molecule has 0 saturated carbocycles. The Morgan fingerprint density at radius 2 is 2.15 bits per heavy atom. The molecular weight excluding hydrogens is 252 g/mol. The number of hydrogen-bond acceptors (Lipinski definition) is 4. The summed E-state index contributed by atoms with van der Waals surface area (Å²) < 4.78 is 0. The fourth-order valence-corrected chi connectivity index (χ4v) is 2.71. The molecule has 1 aromatic carbocycles. The van der Waals surface area contributed by atoms with Crippen LogP contribution in [-0.2, 0) is 0 Å². The zero-order chi connectivity index (χ0) is 13.9. The van der Waals surface area contributed by atoms with Crippen LogP contribution < -0.4 is 10.6 Å². The van der Waals surface area contributed by atoms with E-state index in [1.54, 1.807) is 6.07 Å². The minimum Gasteiger partial charge on any atom is -0.330 e. The number of nitrogens with two attached hydrogens (primary N) is 1. The van der Waals surface area contributed by atoms with Gasteiger partial charge in [-0.2, -0.15) is 10.2 Å². The van der Waals surface area contributed by atoms with Crippen molar-refractivity contribution in [1.82, 2.24) is 10.2 Å². The van der Waals surface area contributed by atoms with Gasteiger partial charge in [0.15, 0.2) is 0 Å². The lowest BCUT2D eigenvalue weighted by atomic mass is 9.98. The molecule has 102 valence electrons. The van der Waals surface area contributed by atoms with Crippen LogP contribution in [0.2, 0.25) is 0 Å². The Morgan fingerprint density at radius 1 is 1.30 bits per heavy atom. The van der Waals surface area contributed by atoms with Crippen LogP contribution in [0.15, 0.2) is 42.7 Å². The van der Waals surface area contributed by atoms with Crippen molar-refractivity contribution < 1.29 is 4.79 Å². The van der Waals surface area contributed by atoms with E-state index in [2.05, 4.69) is 16.3 Å². The fourth-order valence-electron chi connectivity index (χ4n) is 2.71. The van der Waals surface area contributed by atoms with Gasteiger partial charge in [0.05, 0.1) is 18.0 Å². The lowest BCUT2D eigenvalue weighted by Crippen LogP contribution is -2.30. The summed E-state index contributed by atoms with van der Waals surface area (Å²) in [5.74, 6) is 0.279. The number of anilines is 1. The van der Waals surface area contributed by atoms with Crippen LogP contribution in [0.4, 0.5) is 5.69 Å². The van der Waals surface area contributed by atoms with Gasteiger partial charge in [0.2, 0.25) is 0 Å². The number of carbonyl (C=O) groups is 1. The molecular formula is C15H16N4O. The first-order valence-corrected chi connectivity index (χ1v) is 6.69. The van der Waals surface area contributed by atoms with Crippen LogP contribution in [0.25, 0.3) is 0 Å². The van der Waals surface area contributed by atoms with E-state index in [1.165, 1.54) is 18.0 Å². The van der Waals surface area contributed by atoms with Gasteiger partial charge in [-0.05, 0) is 30.7 Å². The Bertz CT molecular complexity index is 614. The van der Waals surface area contributed by atoms with Gasteiger partial charge in [0.25, 0.3) is 5.91 Å². The second-order valence-electron chi connectivity index (χ2n) is 4.88. The third-order valence-electron chi connectivity index (χ3n) is 3.66. The zero-order valence-corrected chi connectivity index (χ0v) is 11.1. The highest BCUT2D eigenvalue weighted by Gasteiger charge is 2.32. The van der Waals surface area contributed by atoms with Crippen molar-refractivity contribution >= 4 is 11.6 Å². The smallest absolute Gasteiger partial charge is 0.259 e. The Morgan fingerprint density at radius 3 is 2.90 bits per heavy atom. The van der Waals surface area contributed by atoms with E-state index >= 15 is 0 Å². The number of para-hydroxylation sites is 1. The Labute approximate surface area is 117 Å². The third kappa shape index (κ3) is 2.16. The molecule has 2 N–H and O–H groups in total. The number of amides is 1. The van der Waals surface area contributed by atoms with E-state index in [0.29, 0.717) is 24.6 Å². The van der Waals surface area contributed by atoms with E-state index in [9.17, 15) is 4.79 Å². The lowest BCUT2D eigenvalue weighted by Gasteiger charge is -2.17. The van der Waals surface area contributed by atoms with Crippen molar-refractivity contribution in [2.75, 3.05) is 18.0 Å². The quantitative estimate of drug-likeness (QED) is 0.917. The van der Waals surface area contributed by atoms with Crippen molar-refractivity contribution in [2.45, 2.75) is 12.3 Å². The van der Waals surface area contributed by atoms with E-state index < -0.39 is 0 Å². The van der Waals surface area contributed by atoms with Crippen molar-refractivity contribution in [2.24, 2.45) is 5.73 Å². The first-order chi connectivity index (χ1) is 9.81. The summed E-state index contributed by atoms with van der Waals surface area (Å²) in [6, 6.07) is 9.71. The molecule has 1 atom stereocenters. The summed E-state index contributed by atoms with van der Waals surface area (Å²) in [4.78, 5) is 14.4. The summed E-state index contributed by atoms with van der Waals surface area (Å²) in [5.41, 5.74) is 8.42. The van der Waals surface area contributed by atoms with Crippen molar-refractivity contribution in [3.8, 4) is 0 Å². The summed E-state index contributed by atoms with van der Waals surface area (Å²) in [6.45, 7) is 1.30. The molecule has 0 saturated heterocycles. The largest absolute Gasteiger partial charge is 0.330 e. The minimum absolute atomic E-state index is 0.0353. The molecule has 2 aromatic rings. The average Bonchev–Trinajstić information content (AvgIpc) is 2.87. The Kier molecular flexibility index (Phi) is 3.43. The second-order valence-corrected chi connectivity index (χ2v) is 4.88. The molecule has 1 aliphatic heterocycles. The number of aromatic nitrogens is 2. The minimum atomic E-state index is -0.0353. The number of fused-ring (bicyclic) bond motifs is 1. The molecule has 3 rings (SSSR count). The highest BCUT2D eigenvalue weighted by Crippen LogP contribution is 2.38. The number of benzene rings is 1. The first-order valence-electron chi connectivity index (χ1n) is 6.69. The topological polar surface area (TPSA) is 72.1 Å². The van der Waals surface area contributed by atoms with Gasteiger partial charge in [-0.3, -0.25) is 4.79 Å². The monoisotopic (exact) mass is 268 g/mol. The van der Waals surface area contributed by atoms with Gasteiger partial charge in [-0.1, -0.05) is 18.2 Å². The molecule has 1 aromatic heterocycles. The molecule has 1 unspecified atom stereocenters. The molecule has 5 heteroatoms. The van der Waals surface area contributed by atoms with E-state index in [4.69, 9.17) is 5.73 Å². The summed E-state index contributed by atoms with van der Waals surface area (Å²) >= 11 is 0. The zero-order valence-electron chi connectivity index (χ0n) is 11.1. The fraction of sp³-hybridized carbons (Fsp3) is 0.267. The predicted octanol–water partition coefficient (Wildman–Crippen LogP) is 1.57. The number of carbonyl (C=O) groups excluding carboxylic acids is 1. The van der Waals surface area contributed by atoms with Crippen molar-refractivity contribution in [1.29, 1.82) is 0 Å². The molecule has 0 bridgehead atoms. The normalized spacial score (nSPS) is 17.1. The van der Waals surface area contributed by atoms with Crippen LogP contribution in [0.5, 0.6) is 0 Å². The van der Waals surface area contributed by atoms with Gasteiger partial charge in [0, 0.05) is 18.2 Å². The Balaban J connectivity index is 1.94. The summed E-state index contributed by atoms with van der Waals surface area (Å²) in [7, 11) is 0. The SMILES string of the molecule is NCCC1CN(C(=O)c2ccnnc2)c2ccccc21. The highest BCUT2D eigenvalue weighted by atomic mass is 16.2. The van der Waals surface area contributed by atoms with Crippen LogP contribution in [0, 0.1) is 0 Å². The van der Waals surface area contributed by atoms with Gasteiger partial charge in [-0.25, -0.2) is 0 Å². The van der Waals surface area contributed by atoms with E-state index in [-0.39, 0.29) is 5.91 Å². The van der Waals surface area contributed by atoms with Gasteiger partial charge >= 0.3 is 0 Å². The van der Waals surface area contributed by atoms with Crippen molar-refractivity contribution in [3.05, 3.63) is 53.9 Å². The number of hydrogen-bond donors (Lipinski definition) is 1. The average molecular weight is 268 g/mol. The molecule has 1 amide bonds. The lowest BCUT2D eigenvalue weighted by molar-refractivity contribution is 0.0987. The molecule has 2 heterocycles. The molecule has 0 aliphatic carbocycles. The maximum absolute atomic E-state index is 12.6. The van der Waals surface area contributed by atoms with Gasteiger partial charge in [-0.15, -0.1) is 0 Å². The predicted molar refractivity (Wildman–Crippen MR) is 76.6 cm³/mol. The first kappa shape index (κ1) is 12.7. The molecule has 0 spiro atoms. The van der Waals surface area contributed by atoms with Crippen LogP contribution in [0.1, 0.15) is 28.3 Å². The summed E-state index contributed by atoms with van der Waals surface area (Å²) in [6.07, 6.45) is 3.92. The second kappa shape index (κ2) is 5.38. The number of nitrogens with zero attached hydrogens (tertiary/aromatic N) is 3. The van der Waals surface area contributed by atoms with Crippen LogP contribution in [0.3, 0.4) is 0 Å². The maximum Gasteiger partial charge on any atom is 0.259 e. The molecule has 0 radical (unpaired) electrons. The van der Waals surface area contributed by atoms with Crippen LogP contribution >= 0.6 is 0 Å². The van der Waals surface area contributed by atoms with E-state index in [0.717, 1.165) is 12.1 Å². The van der Waals surface area contributed by atoms with Crippen LogP contribution in [-0.4, -0.2) is 29.2 Å². The van der Waals surface area contributed by atoms with Gasteiger partial charge < -0.3 is 10.6 Å². The molecule has 20 heavy (non-hydrogen) atoms.